The SMILES string of the molecule is CC(C)c1ccc(F)c(Br)c1F. The maximum atomic E-state index is 13.2. The summed E-state index contributed by atoms with van der Waals surface area (Å²) in [6.07, 6.45) is 0. The Labute approximate surface area is 78.7 Å². The Kier molecular flexibility index (Phi) is 2.83. The van der Waals surface area contributed by atoms with Crippen molar-refractivity contribution >= 4 is 15.9 Å². The molecule has 12 heavy (non-hydrogen) atoms. The van der Waals surface area contributed by atoms with Crippen LogP contribution in [0.1, 0.15) is 25.3 Å². The lowest BCUT2D eigenvalue weighted by molar-refractivity contribution is 0.554. The summed E-state index contributed by atoms with van der Waals surface area (Å²) >= 11 is 2.85. The van der Waals surface area contributed by atoms with Gasteiger partial charge in [-0.2, -0.15) is 0 Å². The molecular formula is C9H9BrF2. The normalized spacial score (nSPS) is 10.8. The molecule has 0 atom stereocenters. The highest BCUT2D eigenvalue weighted by atomic mass is 79.9. The largest absolute Gasteiger partial charge is 0.206 e. The van der Waals surface area contributed by atoms with E-state index in [1.54, 1.807) is 0 Å². The molecule has 0 aliphatic carbocycles. The highest BCUT2D eigenvalue weighted by molar-refractivity contribution is 9.10. The molecule has 0 radical (unpaired) electrons. The van der Waals surface area contributed by atoms with Crippen LogP contribution in [-0.4, -0.2) is 0 Å². The predicted molar refractivity (Wildman–Crippen MR) is 48.1 cm³/mol. The van der Waals surface area contributed by atoms with Gasteiger partial charge in [0, 0.05) is 0 Å². The molecule has 3 heteroatoms. The summed E-state index contributed by atoms with van der Waals surface area (Å²) in [5.74, 6) is -0.983. The lowest BCUT2D eigenvalue weighted by Crippen LogP contribution is -1.95. The van der Waals surface area contributed by atoms with Gasteiger partial charge in [-0.25, -0.2) is 8.78 Å². The molecule has 0 saturated carbocycles. The van der Waals surface area contributed by atoms with E-state index in [1.165, 1.54) is 12.1 Å². The van der Waals surface area contributed by atoms with Crippen molar-refractivity contribution in [3.8, 4) is 0 Å². The highest BCUT2D eigenvalue weighted by Crippen LogP contribution is 2.26. The molecule has 0 saturated heterocycles. The summed E-state index contributed by atoms with van der Waals surface area (Å²) in [6.45, 7) is 3.73. The van der Waals surface area contributed by atoms with Crippen molar-refractivity contribution in [3.05, 3.63) is 33.8 Å². The second-order valence-corrected chi connectivity index (χ2v) is 3.71. The van der Waals surface area contributed by atoms with Crippen LogP contribution in [-0.2, 0) is 0 Å². The number of hydrogen-bond acceptors (Lipinski definition) is 0. The molecule has 0 aliphatic rings. The monoisotopic (exact) mass is 234 g/mol. The van der Waals surface area contributed by atoms with Crippen LogP contribution >= 0.6 is 15.9 Å². The van der Waals surface area contributed by atoms with Crippen LogP contribution in [0.2, 0.25) is 0 Å². The van der Waals surface area contributed by atoms with Crippen molar-refractivity contribution < 1.29 is 8.78 Å². The van der Waals surface area contributed by atoms with Crippen LogP contribution in [0.3, 0.4) is 0 Å². The smallest absolute Gasteiger partial charge is 0.143 e. The van der Waals surface area contributed by atoms with Gasteiger partial charge in [-0.3, -0.25) is 0 Å². The van der Waals surface area contributed by atoms with E-state index < -0.39 is 11.6 Å². The topological polar surface area (TPSA) is 0 Å². The van der Waals surface area contributed by atoms with E-state index in [-0.39, 0.29) is 10.4 Å². The lowest BCUT2D eigenvalue weighted by atomic mass is 10.0. The second kappa shape index (κ2) is 3.52. The van der Waals surface area contributed by atoms with E-state index in [0.717, 1.165) is 0 Å². The third-order valence-electron chi connectivity index (χ3n) is 1.69. The number of rotatable bonds is 1. The average molecular weight is 235 g/mol. The summed E-state index contributed by atoms with van der Waals surface area (Å²) in [5.41, 5.74) is 0.531. The van der Waals surface area contributed by atoms with Crippen LogP contribution < -0.4 is 0 Å². The van der Waals surface area contributed by atoms with E-state index in [9.17, 15) is 8.78 Å². The Bertz CT molecular complexity index is 295. The molecule has 0 nitrogen and oxygen atoms in total. The van der Waals surface area contributed by atoms with E-state index in [2.05, 4.69) is 15.9 Å². The zero-order chi connectivity index (χ0) is 9.30. The first-order chi connectivity index (χ1) is 5.54. The maximum absolute atomic E-state index is 13.2. The molecule has 0 spiro atoms. The van der Waals surface area contributed by atoms with Crippen LogP contribution in [0.25, 0.3) is 0 Å². The molecule has 1 rings (SSSR count). The van der Waals surface area contributed by atoms with Gasteiger partial charge in [0.2, 0.25) is 0 Å². The van der Waals surface area contributed by atoms with Gasteiger partial charge in [-0.15, -0.1) is 0 Å². The predicted octanol–water partition coefficient (Wildman–Crippen LogP) is 3.85. The van der Waals surface area contributed by atoms with E-state index in [0.29, 0.717) is 5.56 Å². The van der Waals surface area contributed by atoms with Gasteiger partial charge >= 0.3 is 0 Å². The summed E-state index contributed by atoms with van der Waals surface area (Å²) < 4.78 is 25.9. The highest BCUT2D eigenvalue weighted by Gasteiger charge is 2.12. The number of benzene rings is 1. The standard InChI is InChI=1S/C9H9BrF2/c1-5(2)6-3-4-7(11)8(10)9(6)12/h3-5H,1-2H3. The van der Waals surface area contributed by atoms with Crippen molar-refractivity contribution in [2.75, 3.05) is 0 Å². The van der Waals surface area contributed by atoms with Crippen molar-refractivity contribution in [3.63, 3.8) is 0 Å². The van der Waals surface area contributed by atoms with Crippen molar-refractivity contribution in [1.29, 1.82) is 0 Å². The van der Waals surface area contributed by atoms with E-state index >= 15 is 0 Å². The Morgan fingerprint density at radius 3 is 2.33 bits per heavy atom. The molecule has 0 fully saturated rings. The van der Waals surface area contributed by atoms with Crippen molar-refractivity contribution in [2.24, 2.45) is 0 Å². The molecular weight excluding hydrogens is 226 g/mol. The molecule has 0 unspecified atom stereocenters. The Balaban J connectivity index is 3.27. The first kappa shape index (κ1) is 9.65. The van der Waals surface area contributed by atoms with Gasteiger partial charge in [-0.1, -0.05) is 19.9 Å². The zero-order valence-corrected chi connectivity index (χ0v) is 8.45. The molecule has 0 amide bonds. The van der Waals surface area contributed by atoms with Crippen molar-refractivity contribution in [2.45, 2.75) is 19.8 Å². The van der Waals surface area contributed by atoms with Crippen LogP contribution in [0.15, 0.2) is 16.6 Å². The van der Waals surface area contributed by atoms with Crippen molar-refractivity contribution in [1.82, 2.24) is 0 Å². The Morgan fingerprint density at radius 2 is 1.83 bits per heavy atom. The molecule has 0 N–H and O–H groups in total. The molecule has 0 heterocycles. The lowest BCUT2D eigenvalue weighted by Gasteiger charge is -2.07. The first-order valence-corrected chi connectivity index (χ1v) is 4.46. The summed E-state index contributed by atoms with van der Waals surface area (Å²) in [7, 11) is 0. The molecule has 1 aromatic carbocycles. The van der Waals surface area contributed by atoms with Gasteiger partial charge in [0.15, 0.2) is 0 Å². The third kappa shape index (κ3) is 1.66. The number of hydrogen-bond donors (Lipinski definition) is 0. The molecule has 0 bridgehead atoms. The fourth-order valence-corrected chi connectivity index (χ4v) is 1.35. The third-order valence-corrected chi connectivity index (χ3v) is 2.41. The molecule has 0 aliphatic heterocycles. The maximum Gasteiger partial charge on any atom is 0.143 e. The van der Waals surface area contributed by atoms with E-state index in [1.807, 2.05) is 13.8 Å². The minimum Gasteiger partial charge on any atom is -0.206 e. The molecule has 1 aromatic rings. The van der Waals surface area contributed by atoms with Gasteiger partial charge in [0.1, 0.15) is 11.6 Å². The van der Waals surface area contributed by atoms with Gasteiger partial charge in [0.25, 0.3) is 0 Å². The second-order valence-electron chi connectivity index (χ2n) is 2.92. The Hall–Kier alpha value is -0.440. The average Bonchev–Trinajstić information content (AvgIpc) is 2.00. The van der Waals surface area contributed by atoms with Crippen LogP contribution in [0, 0.1) is 11.6 Å². The quantitative estimate of drug-likeness (QED) is 0.648. The molecule has 66 valence electrons. The van der Waals surface area contributed by atoms with Crippen LogP contribution in [0.4, 0.5) is 8.78 Å². The van der Waals surface area contributed by atoms with E-state index in [4.69, 9.17) is 0 Å². The Morgan fingerprint density at radius 1 is 1.25 bits per heavy atom. The minimum atomic E-state index is -0.558. The van der Waals surface area contributed by atoms with Gasteiger partial charge in [-0.05, 0) is 33.5 Å². The summed E-state index contributed by atoms with van der Waals surface area (Å²) in [5, 5.41) is 0. The van der Waals surface area contributed by atoms with Crippen LogP contribution in [0.5, 0.6) is 0 Å². The van der Waals surface area contributed by atoms with Gasteiger partial charge < -0.3 is 0 Å². The molecule has 0 aromatic heterocycles. The van der Waals surface area contributed by atoms with Gasteiger partial charge in [0.05, 0.1) is 4.47 Å². The minimum absolute atomic E-state index is 0.0712. The zero-order valence-electron chi connectivity index (χ0n) is 6.87. The number of halogens is 3. The summed E-state index contributed by atoms with van der Waals surface area (Å²) in [6, 6.07) is 2.74. The fraction of sp³-hybridized carbons (Fsp3) is 0.333. The fourth-order valence-electron chi connectivity index (χ4n) is 0.987. The summed E-state index contributed by atoms with van der Waals surface area (Å²) in [4.78, 5) is 0. The first-order valence-electron chi connectivity index (χ1n) is 3.67.